The van der Waals surface area contributed by atoms with E-state index in [1.807, 2.05) is 25.1 Å². The number of sulfonamides is 1. The normalized spacial score (nSPS) is 18.2. The van der Waals surface area contributed by atoms with Crippen LogP contribution in [0.25, 0.3) is 0 Å². The van der Waals surface area contributed by atoms with Crippen molar-refractivity contribution in [2.24, 2.45) is 5.92 Å². The highest BCUT2D eigenvalue weighted by molar-refractivity contribution is 7.89. The Balaban J connectivity index is 1.52. The third-order valence-electron chi connectivity index (χ3n) is 5.98. The molecule has 4 rings (SSSR count). The highest BCUT2D eigenvalue weighted by atomic mass is 35.5. The second-order valence-electron chi connectivity index (χ2n) is 8.33. The van der Waals surface area contributed by atoms with Gasteiger partial charge >= 0.3 is 0 Å². The monoisotopic (exact) mass is 478 g/mol. The molecular weight excluding hydrogens is 452 g/mol. The second-order valence-corrected chi connectivity index (χ2v) is 10.7. The Morgan fingerprint density at radius 2 is 1.78 bits per heavy atom. The van der Waals surface area contributed by atoms with Gasteiger partial charge in [0.15, 0.2) is 11.5 Å². The molecular formula is C23H27ClN2O5S. The number of piperidine rings is 1. The van der Waals surface area contributed by atoms with E-state index in [-0.39, 0.29) is 21.5 Å². The maximum Gasteiger partial charge on any atom is 0.253 e. The molecule has 1 N–H and O–H groups in total. The number of hydrogen-bond acceptors (Lipinski definition) is 5. The Morgan fingerprint density at radius 3 is 2.50 bits per heavy atom. The SMILES string of the molecule is CC1CCN(S(=O)(=O)c2ccc(Cl)c(C(=O)NC(C)c3ccc4c(c3)OCCO4)c2)CC1. The van der Waals surface area contributed by atoms with Crippen molar-refractivity contribution in [3.05, 3.63) is 52.5 Å². The van der Waals surface area contributed by atoms with Crippen molar-refractivity contribution in [1.82, 2.24) is 9.62 Å². The average molecular weight is 479 g/mol. The van der Waals surface area contributed by atoms with Crippen molar-refractivity contribution in [2.75, 3.05) is 26.3 Å². The molecule has 1 fully saturated rings. The molecule has 0 radical (unpaired) electrons. The van der Waals surface area contributed by atoms with Crippen molar-refractivity contribution < 1.29 is 22.7 Å². The molecule has 0 saturated carbocycles. The van der Waals surface area contributed by atoms with Crippen LogP contribution in [0.2, 0.25) is 5.02 Å². The molecule has 1 amide bonds. The Kier molecular flexibility index (Phi) is 6.65. The lowest BCUT2D eigenvalue weighted by atomic mass is 10.0. The van der Waals surface area contributed by atoms with Crippen LogP contribution in [0.5, 0.6) is 11.5 Å². The summed E-state index contributed by atoms with van der Waals surface area (Å²) in [7, 11) is -3.68. The number of fused-ring (bicyclic) bond motifs is 1. The third-order valence-corrected chi connectivity index (χ3v) is 8.20. The van der Waals surface area contributed by atoms with Crippen molar-refractivity contribution >= 4 is 27.5 Å². The molecule has 1 atom stereocenters. The summed E-state index contributed by atoms with van der Waals surface area (Å²) in [5.74, 6) is 1.38. The van der Waals surface area contributed by atoms with Crippen LogP contribution in [0.3, 0.4) is 0 Å². The van der Waals surface area contributed by atoms with E-state index >= 15 is 0 Å². The zero-order chi connectivity index (χ0) is 22.9. The predicted octanol–water partition coefficient (Wildman–Crippen LogP) is 4.02. The van der Waals surface area contributed by atoms with Gasteiger partial charge in [-0.2, -0.15) is 4.31 Å². The van der Waals surface area contributed by atoms with Gasteiger partial charge in [0.1, 0.15) is 13.2 Å². The van der Waals surface area contributed by atoms with E-state index in [4.69, 9.17) is 21.1 Å². The lowest BCUT2D eigenvalue weighted by Crippen LogP contribution is -2.38. The van der Waals surface area contributed by atoms with Gasteiger partial charge in [-0.1, -0.05) is 24.6 Å². The van der Waals surface area contributed by atoms with Crippen LogP contribution in [0, 0.1) is 5.92 Å². The molecule has 32 heavy (non-hydrogen) atoms. The summed E-state index contributed by atoms with van der Waals surface area (Å²) < 4.78 is 38.8. The fourth-order valence-corrected chi connectivity index (χ4v) is 5.60. The first-order valence-corrected chi connectivity index (χ1v) is 12.6. The maximum absolute atomic E-state index is 13.1. The summed E-state index contributed by atoms with van der Waals surface area (Å²) in [6.07, 6.45) is 1.65. The van der Waals surface area contributed by atoms with Crippen molar-refractivity contribution in [3.8, 4) is 11.5 Å². The fourth-order valence-electron chi connectivity index (χ4n) is 3.90. The van der Waals surface area contributed by atoms with Crippen LogP contribution >= 0.6 is 11.6 Å². The van der Waals surface area contributed by atoms with Gasteiger partial charge in [0, 0.05) is 13.1 Å². The van der Waals surface area contributed by atoms with Crippen LogP contribution in [0.4, 0.5) is 0 Å². The van der Waals surface area contributed by atoms with Crippen LogP contribution in [0.15, 0.2) is 41.3 Å². The Labute approximate surface area is 193 Å². The number of rotatable bonds is 5. The van der Waals surface area contributed by atoms with Crippen LogP contribution in [-0.4, -0.2) is 44.9 Å². The van der Waals surface area contributed by atoms with Gasteiger partial charge in [0.25, 0.3) is 5.91 Å². The van der Waals surface area contributed by atoms with Gasteiger partial charge in [-0.25, -0.2) is 8.42 Å². The third kappa shape index (κ3) is 4.72. The van der Waals surface area contributed by atoms with Gasteiger partial charge in [-0.15, -0.1) is 0 Å². The summed E-state index contributed by atoms with van der Waals surface area (Å²) in [5.41, 5.74) is 0.965. The summed E-state index contributed by atoms with van der Waals surface area (Å²) in [6.45, 7) is 5.91. The van der Waals surface area contributed by atoms with Gasteiger partial charge in [-0.3, -0.25) is 4.79 Å². The van der Waals surface area contributed by atoms with Crippen molar-refractivity contribution in [2.45, 2.75) is 37.6 Å². The number of nitrogens with one attached hydrogen (secondary N) is 1. The molecule has 2 heterocycles. The maximum atomic E-state index is 13.1. The molecule has 2 aromatic carbocycles. The molecule has 0 spiro atoms. The van der Waals surface area contributed by atoms with E-state index in [0.29, 0.717) is 43.7 Å². The first-order chi connectivity index (χ1) is 15.3. The van der Waals surface area contributed by atoms with Gasteiger partial charge in [-0.05, 0) is 61.6 Å². The lowest BCUT2D eigenvalue weighted by molar-refractivity contribution is 0.0939. The summed E-state index contributed by atoms with van der Waals surface area (Å²) >= 11 is 6.26. The minimum atomic E-state index is -3.68. The molecule has 172 valence electrons. The number of amides is 1. The van der Waals surface area contributed by atoms with Crippen molar-refractivity contribution in [1.29, 1.82) is 0 Å². The minimum absolute atomic E-state index is 0.0774. The van der Waals surface area contributed by atoms with Crippen LogP contribution in [-0.2, 0) is 10.0 Å². The number of nitrogens with zero attached hydrogens (tertiary/aromatic N) is 1. The molecule has 2 aromatic rings. The Morgan fingerprint density at radius 1 is 1.09 bits per heavy atom. The largest absolute Gasteiger partial charge is 0.486 e. The van der Waals surface area contributed by atoms with Gasteiger partial charge in [0.05, 0.1) is 21.5 Å². The summed E-state index contributed by atoms with van der Waals surface area (Å²) in [6, 6.07) is 9.44. The molecule has 7 nitrogen and oxygen atoms in total. The Bertz CT molecular complexity index is 1110. The number of halogens is 1. The standard InChI is InChI=1S/C23H27ClN2O5S/c1-15-7-9-26(10-8-15)32(28,29)18-4-5-20(24)19(14-18)23(27)25-16(2)17-3-6-21-22(13-17)31-12-11-30-21/h3-6,13-16H,7-12H2,1-2H3,(H,25,27). The summed E-state index contributed by atoms with van der Waals surface area (Å²) in [5, 5.41) is 3.09. The molecule has 9 heteroatoms. The molecule has 0 aliphatic carbocycles. The van der Waals surface area contributed by atoms with Crippen LogP contribution in [0.1, 0.15) is 48.7 Å². The second kappa shape index (κ2) is 9.29. The highest BCUT2D eigenvalue weighted by Crippen LogP contribution is 2.33. The van der Waals surface area contributed by atoms with Gasteiger partial charge in [0.2, 0.25) is 10.0 Å². The number of carbonyl (C=O) groups excluding carboxylic acids is 1. The van der Waals surface area contributed by atoms with E-state index in [1.54, 1.807) is 0 Å². The molecule has 2 aliphatic rings. The summed E-state index contributed by atoms with van der Waals surface area (Å²) in [4.78, 5) is 13.1. The highest BCUT2D eigenvalue weighted by Gasteiger charge is 2.29. The smallest absolute Gasteiger partial charge is 0.253 e. The lowest BCUT2D eigenvalue weighted by Gasteiger charge is -2.29. The molecule has 0 bridgehead atoms. The number of carbonyl (C=O) groups is 1. The van der Waals surface area contributed by atoms with E-state index in [9.17, 15) is 13.2 Å². The quantitative estimate of drug-likeness (QED) is 0.701. The van der Waals surface area contributed by atoms with E-state index in [2.05, 4.69) is 12.2 Å². The minimum Gasteiger partial charge on any atom is -0.486 e. The predicted molar refractivity (Wildman–Crippen MR) is 122 cm³/mol. The number of hydrogen-bond donors (Lipinski definition) is 1. The first-order valence-electron chi connectivity index (χ1n) is 10.8. The molecule has 0 aromatic heterocycles. The zero-order valence-corrected chi connectivity index (χ0v) is 19.7. The van der Waals surface area contributed by atoms with E-state index < -0.39 is 15.9 Å². The van der Waals surface area contributed by atoms with Gasteiger partial charge < -0.3 is 14.8 Å². The first kappa shape index (κ1) is 22.9. The molecule has 1 unspecified atom stereocenters. The van der Waals surface area contributed by atoms with E-state index in [1.165, 1.54) is 22.5 Å². The van der Waals surface area contributed by atoms with Crippen LogP contribution < -0.4 is 14.8 Å². The van der Waals surface area contributed by atoms with E-state index in [0.717, 1.165) is 18.4 Å². The Hall–Kier alpha value is -2.29. The molecule has 2 aliphatic heterocycles. The fraction of sp³-hybridized carbons (Fsp3) is 0.435. The number of ether oxygens (including phenoxy) is 2. The average Bonchev–Trinajstić information content (AvgIpc) is 2.79. The van der Waals surface area contributed by atoms with Crippen molar-refractivity contribution in [3.63, 3.8) is 0 Å². The zero-order valence-electron chi connectivity index (χ0n) is 18.1. The molecule has 1 saturated heterocycles. The topological polar surface area (TPSA) is 84.9 Å². The number of benzene rings is 2.